The Balaban J connectivity index is 1.74. The van der Waals surface area contributed by atoms with Crippen LogP contribution >= 0.6 is 0 Å². The SMILES string of the molecule is CNC1COCC1C(=O)NCC1CN(C)CCO1. The molecule has 0 aliphatic carbocycles. The van der Waals surface area contributed by atoms with Crippen molar-refractivity contribution < 1.29 is 14.3 Å². The zero-order valence-electron chi connectivity index (χ0n) is 11.1. The number of rotatable bonds is 4. The number of likely N-dealkylation sites (N-methyl/N-ethyl adjacent to an activating group) is 2. The molecule has 2 aliphatic heterocycles. The maximum absolute atomic E-state index is 12.0. The summed E-state index contributed by atoms with van der Waals surface area (Å²) in [6, 6.07) is 0.125. The monoisotopic (exact) mass is 257 g/mol. The Morgan fingerprint density at radius 2 is 2.28 bits per heavy atom. The number of carbonyl (C=O) groups excluding carboxylic acids is 1. The van der Waals surface area contributed by atoms with Crippen molar-refractivity contribution in [3.05, 3.63) is 0 Å². The van der Waals surface area contributed by atoms with E-state index in [0.717, 1.165) is 19.7 Å². The van der Waals surface area contributed by atoms with Gasteiger partial charge in [0.2, 0.25) is 5.91 Å². The fourth-order valence-electron chi connectivity index (χ4n) is 2.43. The summed E-state index contributed by atoms with van der Waals surface area (Å²) in [5.74, 6) is -0.0278. The Hall–Kier alpha value is -0.690. The molecule has 2 rings (SSSR count). The van der Waals surface area contributed by atoms with E-state index < -0.39 is 0 Å². The summed E-state index contributed by atoms with van der Waals surface area (Å²) in [7, 11) is 3.93. The Labute approximate surface area is 108 Å². The van der Waals surface area contributed by atoms with Crippen LogP contribution in [0.25, 0.3) is 0 Å². The van der Waals surface area contributed by atoms with Crippen molar-refractivity contribution in [3.63, 3.8) is 0 Å². The predicted molar refractivity (Wildman–Crippen MR) is 67.4 cm³/mol. The number of ether oxygens (including phenoxy) is 2. The van der Waals surface area contributed by atoms with E-state index in [2.05, 4.69) is 22.6 Å². The molecular formula is C12H23N3O3. The van der Waals surface area contributed by atoms with Crippen LogP contribution in [0, 0.1) is 5.92 Å². The lowest BCUT2D eigenvalue weighted by molar-refractivity contribution is -0.126. The van der Waals surface area contributed by atoms with Crippen molar-refractivity contribution in [2.45, 2.75) is 12.1 Å². The molecule has 2 saturated heterocycles. The van der Waals surface area contributed by atoms with Gasteiger partial charge in [0.1, 0.15) is 0 Å². The van der Waals surface area contributed by atoms with Crippen LogP contribution in [0.4, 0.5) is 0 Å². The highest BCUT2D eigenvalue weighted by atomic mass is 16.5. The lowest BCUT2D eigenvalue weighted by Crippen LogP contribution is -2.49. The fourth-order valence-corrected chi connectivity index (χ4v) is 2.43. The van der Waals surface area contributed by atoms with Gasteiger partial charge in [-0.25, -0.2) is 0 Å². The molecule has 2 N–H and O–H groups in total. The predicted octanol–water partition coefficient (Wildman–Crippen LogP) is -1.33. The van der Waals surface area contributed by atoms with E-state index in [4.69, 9.17) is 9.47 Å². The minimum absolute atomic E-state index is 0.0590. The minimum atomic E-state index is -0.0867. The lowest BCUT2D eigenvalue weighted by Gasteiger charge is -2.30. The van der Waals surface area contributed by atoms with Gasteiger partial charge in [-0.3, -0.25) is 4.79 Å². The van der Waals surface area contributed by atoms with Crippen molar-refractivity contribution in [1.29, 1.82) is 0 Å². The Morgan fingerprint density at radius 1 is 1.44 bits per heavy atom. The van der Waals surface area contributed by atoms with Crippen molar-refractivity contribution in [2.24, 2.45) is 5.92 Å². The van der Waals surface area contributed by atoms with Gasteiger partial charge >= 0.3 is 0 Å². The molecule has 1 amide bonds. The van der Waals surface area contributed by atoms with E-state index in [0.29, 0.717) is 19.8 Å². The van der Waals surface area contributed by atoms with Gasteiger partial charge in [-0.05, 0) is 14.1 Å². The second-order valence-electron chi connectivity index (χ2n) is 5.04. The molecule has 0 spiro atoms. The molecule has 3 unspecified atom stereocenters. The molecule has 2 fully saturated rings. The molecule has 0 aromatic heterocycles. The quantitative estimate of drug-likeness (QED) is 0.653. The van der Waals surface area contributed by atoms with Gasteiger partial charge in [0, 0.05) is 25.7 Å². The van der Waals surface area contributed by atoms with Crippen molar-refractivity contribution in [1.82, 2.24) is 15.5 Å². The van der Waals surface area contributed by atoms with Crippen LogP contribution in [0.1, 0.15) is 0 Å². The van der Waals surface area contributed by atoms with Crippen LogP contribution in [0.3, 0.4) is 0 Å². The number of morpholine rings is 1. The number of nitrogens with zero attached hydrogens (tertiary/aromatic N) is 1. The topological polar surface area (TPSA) is 62.8 Å². The third-order valence-electron chi connectivity index (χ3n) is 3.63. The molecule has 3 atom stereocenters. The average Bonchev–Trinajstić information content (AvgIpc) is 2.84. The van der Waals surface area contributed by atoms with E-state index in [-0.39, 0.29) is 24.0 Å². The summed E-state index contributed by atoms with van der Waals surface area (Å²) in [4.78, 5) is 14.3. The van der Waals surface area contributed by atoms with E-state index in [9.17, 15) is 4.79 Å². The number of nitrogens with one attached hydrogen (secondary N) is 2. The third-order valence-corrected chi connectivity index (χ3v) is 3.63. The van der Waals surface area contributed by atoms with E-state index in [1.54, 1.807) is 0 Å². The normalized spacial score (nSPS) is 33.6. The first kappa shape index (κ1) is 13.7. The first-order valence-electron chi connectivity index (χ1n) is 6.53. The smallest absolute Gasteiger partial charge is 0.227 e. The zero-order chi connectivity index (χ0) is 13.0. The number of amides is 1. The van der Waals surface area contributed by atoms with Gasteiger partial charge in [-0.15, -0.1) is 0 Å². The van der Waals surface area contributed by atoms with Crippen LogP contribution in [-0.4, -0.2) is 76.5 Å². The molecule has 0 aromatic rings. The highest BCUT2D eigenvalue weighted by Gasteiger charge is 2.33. The number of hydrogen-bond donors (Lipinski definition) is 2. The average molecular weight is 257 g/mol. The maximum Gasteiger partial charge on any atom is 0.227 e. The van der Waals surface area contributed by atoms with E-state index in [1.165, 1.54) is 0 Å². The molecule has 0 radical (unpaired) electrons. The van der Waals surface area contributed by atoms with Gasteiger partial charge in [-0.2, -0.15) is 0 Å². The van der Waals surface area contributed by atoms with Gasteiger partial charge in [0.25, 0.3) is 0 Å². The lowest BCUT2D eigenvalue weighted by atomic mass is 10.0. The maximum atomic E-state index is 12.0. The highest BCUT2D eigenvalue weighted by molar-refractivity contribution is 5.79. The largest absolute Gasteiger partial charge is 0.379 e. The van der Waals surface area contributed by atoms with Crippen LogP contribution in [0.5, 0.6) is 0 Å². The molecule has 18 heavy (non-hydrogen) atoms. The van der Waals surface area contributed by atoms with Crippen molar-refractivity contribution in [2.75, 3.05) is 53.6 Å². The van der Waals surface area contributed by atoms with Crippen LogP contribution in [0.15, 0.2) is 0 Å². The Bertz CT molecular complexity index is 288. The summed E-state index contributed by atoms with van der Waals surface area (Å²) < 4.78 is 10.9. The molecular weight excluding hydrogens is 234 g/mol. The van der Waals surface area contributed by atoms with Gasteiger partial charge in [-0.1, -0.05) is 0 Å². The summed E-state index contributed by atoms with van der Waals surface area (Å²) in [5, 5.41) is 6.08. The molecule has 2 aliphatic rings. The van der Waals surface area contributed by atoms with Gasteiger partial charge < -0.3 is 25.0 Å². The third kappa shape index (κ3) is 3.41. The second-order valence-corrected chi connectivity index (χ2v) is 5.04. The molecule has 0 aromatic carbocycles. The van der Waals surface area contributed by atoms with Crippen molar-refractivity contribution >= 4 is 5.91 Å². The van der Waals surface area contributed by atoms with Gasteiger partial charge in [0.15, 0.2) is 0 Å². The Kier molecular flexibility index (Phi) is 4.94. The molecule has 6 heteroatoms. The zero-order valence-corrected chi connectivity index (χ0v) is 11.1. The van der Waals surface area contributed by atoms with Crippen LogP contribution < -0.4 is 10.6 Å². The first-order valence-corrected chi connectivity index (χ1v) is 6.53. The molecule has 2 heterocycles. The summed E-state index contributed by atoms with van der Waals surface area (Å²) in [6.45, 7) is 4.26. The molecule has 0 bridgehead atoms. The van der Waals surface area contributed by atoms with E-state index in [1.807, 2.05) is 7.05 Å². The summed E-state index contributed by atoms with van der Waals surface area (Å²) in [5.41, 5.74) is 0. The molecule has 104 valence electrons. The Morgan fingerprint density at radius 3 is 3.00 bits per heavy atom. The molecule has 0 saturated carbocycles. The first-order chi connectivity index (χ1) is 8.70. The fraction of sp³-hybridized carbons (Fsp3) is 0.917. The number of carbonyl (C=O) groups is 1. The molecule has 6 nitrogen and oxygen atoms in total. The van der Waals surface area contributed by atoms with Crippen molar-refractivity contribution in [3.8, 4) is 0 Å². The second kappa shape index (κ2) is 6.47. The highest BCUT2D eigenvalue weighted by Crippen LogP contribution is 2.13. The van der Waals surface area contributed by atoms with Gasteiger partial charge in [0.05, 0.1) is 31.8 Å². The summed E-state index contributed by atoms with van der Waals surface area (Å²) >= 11 is 0. The summed E-state index contributed by atoms with van der Waals surface area (Å²) in [6.07, 6.45) is 0.100. The van der Waals surface area contributed by atoms with Crippen LogP contribution in [0.2, 0.25) is 0 Å². The van der Waals surface area contributed by atoms with E-state index >= 15 is 0 Å². The van der Waals surface area contributed by atoms with Crippen LogP contribution in [-0.2, 0) is 14.3 Å². The minimum Gasteiger partial charge on any atom is -0.379 e. The standard InChI is InChI=1S/C12H23N3O3/c1-13-11-8-17-7-10(11)12(16)14-5-9-6-15(2)3-4-18-9/h9-11,13H,3-8H2,1-2H3,(H,14,16). The number of hydrogen-bond acceptors (Lipinski definition) is 5.